The zero-order valence-corrected chi connectivity index (χ0v) is 12.9. The average molecular weight is 306 g/mol. The maximum absolute atomic E-state index is 10.7. The summed E-state index contributed by atoms with van der Waals surface area (Å²) in [4.78, 5) is 12.7. The summed E-state index contributed by atoms with van der Waals surface area (Å²) < 4.78 is 11.7. The fourth-order valence-electron chi connectivity index (χ4n) is 3.30. The van der Waals surface area contributed by atoms with E-state index in [2.05, 4.69) is 11.8 Å². The molecule has 0 aromatic heterocycles. The van der Waals surface area contributed by atoms with Crippen molar-refractivity contribution in [3.63, 3.8) is 0 Å². The van der Waals surface area contributed by atoms with Crippen molar-refractivity contribution in [1.82, 2.24) is 4.90 Å². The molecule has 2 aliphatic heterocycles. The zero-order valence-electron chi connectivity index (χ0n) is 12.9. The van der Waals surface area contributed by atoms with E-state index >= 15 is 0 Å². The Kier molecular flexibility index (Phi) is 4.42. The summed E-state index contributed by atoms with van der Waals surface area (Å²) >= 11 is 0. The van der Waals surface area contributed by atoms with E-state index < -0.39 is 0 Å². The standard InChI is InChI=1S/C16H22N2O4/c1-13-16(7-10-21-13)12-17(9-11-22-16)8-6-14-2-4-15(5-3-14)18(19)20/h2-5,13H,6-12H2,1H3/t13-,16+/m1/s1. The number of nitrogens with zero attached hydrogens (tertiary/aromatic N) is 2. The molecule has 2 aliphatic rings. The molecular weight excluding hydrogens is 284 g/mol. The summed E-state index contributed by atoms with van der Waals surface area (Å²) in [6.07, 6.45) is 2.00. The van der Waals surface area contributed by atoms with Crippen LogP contribution in [0.3, 0.4) is 0 Å². The van der Waals surface area contributed by atoms with Crippen molar-refractivity contribution in [2.75, 3.05) is 32.8 Å². The van der Waals surface area contributed by atoms with Gasteiger partial charge in [0.15, 0.2) is 0 Å². The highest BCUT2D eigenvalue weighted by Gasteiger charge is 2.45. The monoisotopic (exact) mass is 306 g/mol. The first-order valence-electron chi connectivity index (χ1n) is 7.80. The number of hydrogen-bond acceptors (Lipinski definition) is 5. The fraction of sp³-hybridized carbons (Fsp3) is 0.625. The number of nitro groups is 1. The molecule has 0 unspecified atom stereocenters. The minimum atomic E-state index is -0.364. The van der Waals surface area contributed by atoms with Crippen LogP contribution in [0.1, 0.15) is 18.9 Å². The maximum Gasteiger partial charge on any atom is 0.269 e. The molecule has 1 aromatic rings. The largest absolute Gasteiger partial charge is 0.375 e. The summed E-state index contributed by atoms with van der Waals surface area (Å²) in [6.45, 7) is 6.39. The average Bonchev–Trinajstić information content (AvgIpc) is 2.86. The first kappa shape index (κ1) is 15.4. The van der Waals surface area contributed by atoms with Crippen LogP contribution in [-0.2, 0) is 15.9 Å². The highest BCUT2D eigenvalue weighted by atomic mass is 16.6. The SMILES string of the molecule is C[C@H]1OCC[C@]12CN(CCc1ccc([N+](=O)[O-])cc1)CCO2. The van der Waals surface area contributed by atoms with E-state index in [1.165, 1.54) is 0 Å². The van der Waals surface area contributed by atoms with Gasteiger partial charge in [-0.2, -0.15) is 0 Å². The first-order valence-corrected chi connectivity index (χ1v) is 7.80. The maximum atomic E-state index is 10.7. The van der Waals surface area contributed by atoms with Gasteiger partial charge < -0.3 is 9.47 Å². The third-order valence-electron chi connectivity index (χ3n) is 4.79. The molecule has 0 N–H and O–H groups in total. The van der Waals surface area contributed by atoms with Gasteiger partial charge in [-0.15, -0.1) is 0 Å². The van der Waals surface area contributed by atoms with Crippen LogP contribution >= 0.6 is 0 Å². The molecule has 2 saturated heterocycles. The summed E-state index contributed by atoms with van der Waals surface area (Å²) in [5, 5.41) is 10.7. The van der Waals surface area contributed by atoms with Crippen molar-refractivity contribution >= 4 is 5.69 Å². The van der Waals surface area contributed by atoms with Crippen molar-refractivity contribution in [1.29, 1.82) is 0 Å². The number of ether oxygens (including phenoxy) is 2. The molecule has 1 aromatic carbocycles. The third kappa shape index (κ3) is 3.14. The topological polar surface area (TPSA) is 64.8 Å². The summed E-state index contributed by atoms with van der Waals surface area (Å²) in [5.74, 6) is 0. The number of nitro benzene ring substituents is 1. The molecule has 6 heteroatoms. The number of rotatable bonds is 4. The highest BCUT2D eigenvalue weighted by Crippen LogP contribution is 2.33. The molecule has 0 bridgehead atoms. The van der Waals surface area contributed by atoms with Gasteiger partial charge in [0, 0.05) is 44.8 Å². The van der Waals surface area contributed by atoms with Gasteiger partial charge in [-0.1, -0.05) is 12.1 Å². The number of hydrogen-bond donors (Lipinski definition) is 0. The summed E-state index contributed by atoms with van der Waals surface area (Å²) in [6, 6.07) is 6.83. The number of benzene rings is 1. The van der Waals surface area contributed by atoms with Crippen LogP contribution in [0.15, 0.2) is 24.3 Å². The fourth-order valence-corrected chi connectivity index (χ4v) is 3.30. The molecule has 22 heavy (non-hydrogen) atoms. The molecule has 0 radical (unpaired) electrons. The number of non-ortho nitro benzene ring substituents is 1. The smallest absolute Gasteiger partial charge is 0.269 e. The molecule has 1 spiro atoms. The molecule has 0 aliphatic carbocycles. The Hall–Kier alpha value is -1.50. The first-order chi connectivity index (χ1) is 10.6. The second kappa shape index (κ2) is 6.32. The van der Waals surface area contributed by atoms with Crippen molar-refractivity contribution in [2.45, 2.75) is 31.5 Å². The Morgan fingerprint density at radius 1 is 1.36 bits per heavy atom. The minimum Gasteiger partial charge on any atom is -0.375 e. The number of morpholine rings is 1. The lowest BCUT2D eigenvalue weighted by Crippen LogP contribution is -2.55. The van der Waals surface area contributed by atoms with Gasteiger partial charge in [-0.25, -0.2) is 0 Å². The van der Waals surface area contributed by atoms with Crippen LogP contribution in [0.5, 0.6) is 0 Å². The van der Waals surface area contributed by atoms with Gasteiger partial charge >= 0.3 is 0 Å². The van der Waals surface area contributed by atoms with Crippen LogP contribution in [0.4, 0.5) is 5.69 Å². The second-order valence-corrected chi connectivity index (χ2v) is 6.13. The van der Waals surface area contributed by atoms with E-state index in [-0.39, 0.29) is 22.3 Å². The van der Waals surface area contributed by atoms with E-state index in [1.54, 1.807) is 12.1 Å². The molecule has 3 rings (SSSR count). The molecule has 2 atom stereocenters. The lowest BCUT2D eigenvalue weighted by atomic mass is 9.94. The minimum absolute atomic E-state index is 0.144. The van der Waals surface area contributed by atoms with E-state index in [0.29, 0.717) is 0 Å². The lowest BCUT2D eigenvalue weighted by molar-refractivity contribution is -0.384. The predicted octanol–water partition coefficient (Wildman–Crippen LogP) is 2.02. The van der Waals surface area contributed by atoms with E-state index in [9.17, 15) is 10.1 Å². The Labute approximate surface area is 130 Å². The van der Waals surface area contributed by atoms with Gasteiger partial charge in [-0.05, 0) is 18.9 Å². The van der Waals surface area contributed by atoms with Crippen molar-refractivity contribution in [3.05, 3.63) is 39.9 Å². The van der Waals surface area contributed by atoms with Crippen LogP contribution in [0.2, 0.25) is 0 Å². The van der Waals surface area contributed by atoms with Gasteiger partial charge in [0.1, 0.15) is 5.60 Å². The molecule has 120 valence electrons. The lowest BCUT2D eigenvalue weighted by Gasteiger charge is -2.42. The van der Waals surface area contributed by atoms with Gasteiger partial charge in [0.25, 0.3) is 5.69 Å². The highest BCUT2D eigenvalue weighted by molar-refractivity contribution is 5.32. The Bertz CT molecular complexity index is 533. The Balaban J connectivity index is 1.56. The normalized spacial score (nSPS) is 29.0. The molecular formula is C16H22N2O4. The zero-order chi connectivity index (χ0) is 15.6. The molecule has 0 amide bonds. The van der Waals surface area contributed by atoms with E-state index in [4.69, 9.17) is 9.47 Å². The van der Waals surface area contributed by atoms with Crippen LogP contribution < -0.4 is 0 Å². The van der Waals surface area contributed by atoms with Crippen molar-refractivity contribution < 1.29 is 14.4 Å². The second-order valence-electron chi connectivity index (χ2n) is 6.13. The van der Waals surface area contributed by atoms with Crippen molar-refractivity contribution in [3.8, 4) is 0 Å². The molecule has 2 heterocycles. The van der Waals surface area contributed by atoms with Crippen LogP contribution in [-0.4, -0.2) is 54.4 Å². The van der Waals surface area contributed by atoms with Crippen LogP contribution in [0, 0.1) is 10.1 Å². The van der Waals surface area contributed by atoms with Gasteiger partial charge in [-0.3, -0.25) is 15.0 Å². The molecule has 0 saturated carbocycles. The van der Waals surface area contributed by atoms with E-state index in [0.717, 1.165) is 51.3 Å². The third-order valence-corrected chi connectivity index (χ3v) is 4.79. The molecule has 2 fully saturated rings. The summed E-state index contributed by atoms with van der Waals surface area (Å²) in [5.41, 5.74) is 1.13. The summed E-state index contributed by atoms with van der Waals surface area (Å²) in [7, 11) is 0. The Morgan fingerprint density at radius 3 is 2.77 bits per heavy atom. The predicted molar refractivity (Wildman–Crippen MR) is 82.0 cm³/mol. The Morgan fingerprint density at radius 2 is 2.14 bits per heavy atom. The van der Waals surface area contributed by atoms with E-state index in [1.807, 2.05) is 12.1 Å². The molecule has 6 nitrogen and oxygen atoms in total. The quantitative estimate of drug-likeness (QED) is 0.629. The van der Waals surface area contributed by atoms with Crippen LogP contribution in [0.25, 0.3) is 0 Å². The van der Waals surface area contributed by atoms with Gasteiger partial charge in [0.05, 0.1) is 17.6 Å². The van der Waals surface area contributed by atoms with Gasteiger partial charge in [0.2, 0.25) is 0 Å². The van der Waals surface area contributed by atoms with Crippen molar-refractivity contribution in [2.24, 2.45) is 0 Å².